The number of thiol groups is 1. The SMILES string of the molecule is O=C1CC[C@@]2(O)[C@H]3Cc4ccc(O)c5c4[C@@]2(CCN3C(=O)CCN2C(=O)CC(S)C2=O)[C@H]1O5. The molecule has 2 saturated heterocycles. The minimum Gasteiger partial charge on any atom is -0.504 e. The summed E-state index contributed by atoms with van der Waals surface area (Å²) in [5.41, 5.74) is -0.804. The first-order chi connectivity index (χ1) is 15.7. The van der Waals surface area contributed by atoms with E-state index in [-0.39, 0.29) is 67.2 Å². The third-order valence-electron chi connectivity index (χ3n) is 8.35. The van der Waals surface area contributed by atoms with E-state index >= 15 is 0 Å². The Morgan fingerprint density at radius 3 is 2.73 bits per heavy atom. The molecule has 33 heavy (non-hydrogen) atoms. The van der Waals surface area contributed by atoms with E-state index in [2.05, 4.69) is 12.6 Å². The van der Waals surface area contributed by atoms with Gasteiger partial charge in [-0.1, -0.05) is 6.07 Å². The molecule has 3 aliphatic heterocycles. The molecule has 1 saturated carbocycles. The number of benzene rings is 1. The van der Waals surface area contributed by atoms with Gasteiger partial charge in [0.25, 0.3) is 0 Å². The number of amides is 3. The predicted molar refractivity (Wildman–Crippen MR) is 116 cm³/mol. The largest absolute Gasteiger partial charge is 0.504 e. The van der Waals surface area contributed by atoms with Crippen LogP contribution in [0.25, 0.3) is 0 Å². The Kier molecular flexibility index (Phi) is 4.28. The van der Waals surface area contributed by atoms with E-state index in [9.17, 15) is 29.4 Å². The minimum atomic E-state index is -1.37. The highest BCUT2D eigenvalue weighted by Crippen LogP contribution is 2.64. The number of hydrogen-bond donors (Lipinski definition) is 3. The number of hydrogen-bond acceptors (Lipinski definition) is 8. The molecule has 1 unspecified atom stereocenters. The molecule has 174 valence electrons. The second-order valence-corrected chi connectivity index (χ2v) is 10.3. The number of likely N-dealkylation sites (tertiary alicyclic amines) is 2. The summed E-state index contributed by atoms with van der Waals surface area (Å²) < 4.78 is 5.98. The summed E-state index contributed by atoms with van der Waals surface area (Å²) in [7, 11) is 0. The standard InChI is InChI=1S/C23H24N2O7S/c26-12-2-1-11-9-15-23(31)5-3-13(27)20-22(23,18(11)19(12)32-20)6-8-24(15)16(28)4-7-25-17(29)10-14(33)21(25)30/h1-2,14-15,20,26,31,33H,3-10H2/t14?,15-,20+,22+,23-/m1/s1. The van der Waals surface area contributed by atoms with Crippen molar-refractivity contribution in [2.24, 2.45) is 0 Å². The highest BCUT2D eigenvalue weighted by Gasteiger charge is 2.73. The third-order valence-corrected chi connectivity index (χ3v) is 8.75. The van der Waals surface area contributed by atoms with Crippen LogP contribution in [0.2, 0.25) is 0 Å². The van der Waals surface area contributed by atoms with Crippen LogP contribution in [-0.4, -0.2) is 79.6 Å². The van der Waals surface area contributed by atoms with E-state index < -0.39 is 28.4 Å². The quantitative estimate of drug-likeness (QED) is 0.421. The van der Waals surface area contributed by atoms with Gasteiger partial charge in [0.1, 0.15) is 0 Å². The Balaban J connectivity index is 1.34. The van der Waals surface area contributed by atoms with E-state index in [1.807, 2.05) is 0 Å². The van der Waals surface area contributed by atoms with Gasteiger partial charge in [0.2, 0.25) is 17.7 Å². The number of ether oxygens (including phenoxy) is 1. The number of nitrogens with zero attached hydrogens (tertiary/aromatic N) is 2. The number of rotatable bonds is 3. The molecule has 5 atom stereocenters. The molecular formula is C23H24N2O7S. The van der Waals surface area contributed by atoms with Crippen LogP contribution in [0.3, 0.4) is 0 Å². The molecule has 2 bridgehead atoms. The van der Waals surface area contributed by atoms with Crippen LogP contribution in [0, 0.1) is 0 Å². The molecule has 0 radical (unpaired) electrons. The van der Waals surface area contributed by atoms with Crippen LogP contribution in [0.5, 0.6) is 11.5 Å². The molecule has 1 aromatic rings. The van der Waals surface area contributed by atoms with Crippen LogP contribution in [0.1, 0.15) is 43.2 Å². The van der Waals surface area contributed by atoms with E-state index in [1.165, 1.54) is 6.07 Å². The number of aromatic hydroxyl groups is 1. The van der Waals surface area contributed by atoms with Crippen molar-refractivity contribution >= 4 is 36.1 Å². The minimum absolute atomic E-state index is 0.0147. The summed E-state index contributed by atoms with van der Waals surface area (Å²) >= 11 is 4.12. The lowest BCUT2D eigenvalue weighted by molar-refractivity contribution is -0.192. The maximum Gasteiger partial charge on any atom is 0.242 e. The van der Waals surface area contributed by atoms with Crippen molar-refractivity contribution in [2.75, 3.05) is 13.1 Å². The van der Waals surface area contributed by atoms with Crippen molar-refractivity contribution in [3.63, 3.8) is 0 Å². The van der Waals surface area contributed by atoms with Gasteiger partial charge < -0.3 is 19.8 Å². The van der Waals surface area contributed by atoms with Crippen LogP contribution < -0.4 is 4.74 Å². The lowest BCUT2D eigenvalue weighted by atomic mass is 9.49. The smallest absolute Gasteiger partial charge is 0.242 e. The second kappa shape index (κ2) is 6.73. The molecule has 10 heteroatoms. The fourth-order valence-corrected chi connectivity index (χ4v) is 7.17. The van der Waals surface area contributed by atoms with Gasteiger partial charge in [-0.3, -0.25) is 24.1 Å². The zero-order valence-corrected chi connectivity index (χ0v) is 18.7. The highest BCUT2D eigenvalue weighted by atomic mass is 32.1. The van der Waals surface area contributed by atoms with Gasteiger partial charge in [-0.25, -0.2) is 0 Å². The maximum absolute atomic E-state index is 13.3. The van der Waals surface area contributed by atoms with Gasteiger partial charge >= 0.3 is 0 Å². The van der Waals surface area contributed by atoms with Gasteiger partial charge in [0.05, 0.1) is 22.3 Å². The molecule has 3 amide bonds. The van der Waals surface area contributed by atoms with Gasteiger partial charge in [-0.15, -0.1) is 0 Å². The number of ketones is 1. The summed E-state index contributed by atoms with van der Waals surface area (Å²) in [4.78, 5) is 53.1. The Labute approximate surface area is 195 Å². The van der Waals surface area contributed by atoms with Gasteiger partial charge in [-0.05, 0) is 30.9 Å². The molecule has 2 N–H and O–H groups in total. The number of aliphatic hydroxyl groups is 1. The van der Waals surface area contributed by atoms with Crippen molar-refractivity contribution in [2.45, 2.75) is 66.9 Å². The van der Waals surface area contributed by atoms with Gasteiger partial charge in [0.15, 0.2) is 23.4 Å². The predicted octanol–water partition coefficient (Wildman–Crippen LogP) is 0.0894. The Hall–Kier alpha value is -2.59. The van der Waals surface area contributed by atoms with Crippen molar-refractivity contribution < 1.29 is 34.1 Å². The van der Waals surface area contributed by atoms with Crippen molar-refractivity contribution in [3.05, 3.63) is 23.3 Å². The lowest BCUT2D eigenvalue weighted by Gasteiger charge is -2.62. The summed E-state index contributed by atoms with van der Waals surface area (Å²) in [5, 5.41) is 21.8. The fourth-order valence-electron chi connectivity index (χ4n) is 6.88. The molecule has 5 aliphatic rings. The zero-order chi connectivity index (χ0) is 23.3. The number of phenolic OH excluding ortho intramolecular Hbond substituents is 1. The molecule has 0 aromatic heterocycles. The normalized spacial score (nSPS) is 36.2. The highest BCUT2D eigenvalue weighted by molar-refractivity contribution is 7.81. The zero-order valence-electron chi connectivity index (χ0n) is 17.8. The Morgan fingerprint density at radius 2 is 2.00 bits per heavy atom. The Morgan fingerprint density at radius 1 is 1.21 bits per heavy atom. The maximum atomic E-state index is 13.3. The molecule has 2 aliphatic carbocycles. The average molecular weight is 473 g/mol. The monoisotopic (exact) mass is 472 g/mol. The van der Waals surface area contributed by atoms with Crippen molar-refractivity contribution in [1.29, 1.82) is 0 Å². The molecule has 6 rings (SSSR count). The molecule has 3 heterocycles. The van der Waals surface area contributed by atoms with Crippen LogP contribution in [0.4, 0.5) is 0 Å². The van der Waals surface area contributed by atoms with Crippen LogP contribution in [-0.2, 0) is 31.0 Å². The number of carbonyl (C=O) groups is 4. The number of Topliss-reactive ketones (excluding diaryl/α,β-unsaturated/α-hetero) is 1. The first-order valence-corrected chi connectivity index (χ1v) is 11.8. The molecule has 3 fully saturated rings. The first kappa shape index (κ1) is 21.0. The average Bonchev–Trinajstić information content (AvgIpc) is 3.25. The topological polar surface area (TPSA) is 124 Å². The fraction of sp³-hybridized carbons (Fsp3) is 0.565. The molecule has 1 aromatic carbocycles. The summed E-state index contributed by atoms with van der Waals surface area (Å²) in [6, 6.07) is 2.73. The van der Waals surface area contributed by atoms with Crippen molar-refractivity contribution in [3.8, 4) is 11.5 Å². The third kappa shape index (κ3) is 2.48. The Bertz CT molecular complexity index is 1140. The number of carbonyl (C=O) groups excluding carboxylic acids is 4. The van der Waals surface area contributed by atoms with Crippen molar-refractivity contribution in [1.82, 2.24) is 9.80 Å². The van der Waals surface area contributed by atoms with Gasteiger partial charge in [0, 0.05) is 37.9 Å². The lowest BCUT2D eigenvalue weighted by Crippen LogP contribution is -2.77. The van der Waals surface area contributed by atoms with Crippen LogP contribution in [0.15, 0.2) is 12.1 Å². The number of piperidine rings is 1. The van der Waals surface area contributed by atoms with Crippen LogP contribution >= 0.6 is 12.6 Å². The molecule has 9 nitrogen and oxygen atoms in total. The number of phenols is 1. The van der Waals surface area contributed by atoms with Gasteiger partial charge in [-0.2, -0.15) is 12.6 Å². The summed E-state index contributed by atoms with van der Waals surface area (Å²) in [5.74, 6) is -0.845. The molecular weight excluding hydrogens is 448 g/mol. The van der Waals surface area contributed by atoms with E-state index in [1.54, 1.807) is 11.0 Å². The molecule has 1 spiro atoms. The van der Waals surface area contributed by atoms with E-state index in [0.717, 1.165) is 10.5 Å². The first-order valence-electron chi connectivity index (χ1n) is 11.3. The summed E-state index contributed by atoms with van der Waals surface area (Å²) in [6.45, 7) is 0.295. The van der Waals surface area contributed by atoms with E-state index in [4.69, 9.17) is 4.74 Å². The second-order valence-electron chi connectivity index (χ2n) is 9.72. The number of imide groups is 1. The van der Waals surface area contributed by atoms with E-state index in [0.29, 0.717) is 24.9 Å². The summed E-state index contributed by atoms with van der Waals surface area (Å²) in [6.07, 6.45) is 0.148.